The van der Waals surface area contributed by atoms with Crippen LogP contribution in [0, 0.1) is 0 Å². The van der Waals surface area contributed by atoms with Crippen molar-refractivity contribution in [3.63, 3.8) is 0 Å². The smallest absolute Gasteiger partial charge is 0.275 e. The van der Waals surface area contributed by atoms with Crippen LogP contribution in [0.1, 0.15) is 42.5 Å². The lowest BCUT2D eigenvalue weighted by Gasteiger charge is -2.24. The summed E-state index contributed by atoms with van der Waals surface area (Å²) in [5.74, 6) is 1.53. The molecule has 0 spiro atoms. The van der Waals surface area contributed by atoms with Crippen LogP contribution in [0.3, 0.4) is 0 Å². The van der Waals surface area contributed by atoms with Crippen molar-refractivity contribution in [3.05, 3.63) is 65.9 Å². The SMILES string of the molecule is CC(C)(C)n1nc2c(c1-n1cccc1)CN(C(=O)c1cc(-c3ccco3)[nH]n1)C2. The topological polar surface area (TPSA) is 84.9 Å². The van der Waals surface area contributed by atoms with Gasteiger partial charge < -0.3 is 13.9 Å². The van der Waals surface area contributed by atoms with Crippen LogP contribution in [0.2, 0.25) is 0 Å². The zero-order valence-corrected chi connectivity index (χ0v) is 16.6. The largest absolute Gasteiger partial charge is 0.463 e. The van der Waals surface area contributed by atoms with Crippen molar-refractivity contribution >= 4 is 5.91 Å². The maximum Gasteiger partial charge on any atom is 0.275 e. The molecule has 0 fully saturated rings. The third kappa shape index (κ3) is 2.88. The Bertz CT molecular complexity index is 1160. The summed E-state index contributed by atoms with van der Waals surface area (Å²) in [6, 6.07) is 9.33. The summed E-state index contributed by atoms with van der Waals surface area (Å²) in [7, 11) is 0. The number of aromatic amines is 1. The lowest BCUT2D eigenvalue weighted by Crippen LogP contribution is -2.29. The molecule has 0 saturated heterocycles. The molecule has 5 rings (SSSR count). The maximum atomic E-state index is 13.0. The Morgan fingerprint density at radius 2 is 1.97 bits per heavy atom. The van der Waals surface area contributed by atoms with E-state index in [0.29, 0.717) is 30.2 Å². The van der Waals surface area contributed by atoms with Crippen LogP contribution < -0.4 is 0 Å². The van der Waals surface area contributed by atoms with Gasteiger partial charge in [-0.15, -0.1) is 0 Å². The molecule has 1 N–H and O–H groups in total. The van der Waals surface area contributed by atoms with E-state index in [0.717, 1.165) is 17.1 Å². The van der Waals surface area contributed by atoms with Crippen LogP contribution >= 0.6 is 0 Å². The Morgan fingerprint density at radius 3 is 2.66 bits per heavy atom. The highest BCUT2D eigenvalue weighted by Crippen LogP contribution is 2.32. The van der Waals surface area contributed by atoms with Gasteiger partial charge in [-0.1, -0.05) is 0 Å². The van der Waals surface area contributed by atoms with Crippen LogP contribution in [0.5, 0.6) is 0 Å². The second-order valence-electron chi connectivity index (χ2n) is 8.23. The van der Waals surface area contributed by atoms with Gasteiger partial charge in [0.15, 0.2) is 11.5 Å². The molecule has 0 bridgehead atoms. The van der Waals surface area contributed by atoms with Crippen molar-refractivity contribution in [2.75, 3.05) is 0 Å². The van der Waals surface area contributed by atoms with Crippen LogP contribution in [0.4, 0.5) is 0 Å². The van der Waals surface area contributed by atoms with Gasteiger partial charge in [0.2, 0.25) is 0 Å². The first kappa shape index (κ1) is 17.5. The second-order valence-corrected chi connectivity index (χ2v) is 8.23. The highest BCUT2D eigenvalue weighted by atomic mass is 16.3. The molecule has 1 aliphatic rings. The van der Waals surface area contributed by atoms with Crippen molar-refractivity contribution in [2.45, 2.75) is 39.4 Å². The summed E-state index contributed by atoms with van der Waals surface area (Å²) in [5.41, 5.74) is 2.89. The van der Waals surface area contributed by atoms with Gasteiger partial charge in [-0.3, -0.25) is 9.89 Å². The molecule has 0 aromatic carbocycles. The number of hydrogen-bond donors (Lipinski definition) is 1. The maximum absolute atomic E-state index is 13.0. The van der Waals surface area contributed by atoms with Crippen molar-refractivity contribution in [1.82, 2.24) is 29.4 Å². The number of amides is 1. The van der Waals surface area contributed by atoms with E-state index in [2.05, 4.69) is 35.5 Å². The molecule has 0 unspecified atom stereocenters. The van der Waals surface area contributed by atoms with Crippen molar-refractivity contribution in [1.29, 1.82) is 0 Å². The lowest BCUT2D eigenvalue weighted by atomic mass is 10.1. The predicted octanol–water partition coefficient (Wildman–Crippen LogP) is 3.57. The fourth-order valence-corrected chi connectivity index (χ4v) is 3.71. The van der Waals surface area contributed by atoms with Crippen LogP contribution in [0.15, 0.2) is 53.4 Å². The first-order valence-corrected chi connectivity index (χ1v) is 9.55. The van der Waals surface area contributed by atoms with E-state index in [4.69, 9.17) is 9.52 Å². The minimum atomic E-state index is -0.168. The number of aromatic nitrogens is 5. The Kier molecular flexibility index (Phi) is 3.77. The highest BCUT2D eigenvalue weighted by molar-refractivity contribution is 5.93. The van der Waals surface area contributed by atoms with Crippen LogP contribution in [-0.4, -0.2) is 35.4 Å². The summed E-state index contributed by atoms with van der Waals surface area (Å²) < 4.78 is 9.48. The third-order valence-electron chi connectivity index (χ3n) is 5.08. The van der Waals surface area contributed by atoms with Crippen LogP contribution in [-0.2, 0) is 18.6 Å². The van der Waals surface area contributed by atoms with Gasteiger partial charge in [-0.05, 0) is 45.0 Å². The quantitative estimate of drug-likeness (QED) is 0.580. The molecule has 1 amide bonds. The number of rotatable bonds is 3. The molecule has 8 heteroatoms. The van der Waals surface area contributed by atoms with Crippen molar-refractivity contribution in [2.24, 2.45) is 0 Å². The standard InChI is InChI=1S/C21H22N6O2/c1-21(2,3)27-19(25-8-4-5-9-25)14-12-26(13-17(14)24-27)20(28)16-11-15(22-23-16)18-7-6-10-29-18/h4-11H,12-13H2,1-3H3,(H,22,23). The molecule has 0 aliphatic carbocycles. The molecule has 5 heterocycles. The zero-order valence-electron chi connectivity index (χ0n) is 16.6. The van der Waals surface area contributed by atoms with Crippen molar-refractivity contribution < 1.29 is 9.21 Å². The van der Waals surface area contributed by atoms with E-state index in [9.17, 15) is 4.79 Å². The third-order valence-corrected chi connectivity index (χ3v) is 5.08. The summed E-state index contributed by atoms with van der Waals surface area (Å²) in [6.45, 7) is 7.36. The minimum Gasteiger partial charge on any atom is -0.463 e. The van der Waals surface area contributed by atoms with E-state index >= 15 is 0 Å². The number of nitrogens with one attached hydrogen (secondary N) is 1. The van der Waals surface area contributed by atoms with E-state index < -0.39 is 0 Å². The summed E-state index contributed by atoms with van der Waals surface area (Å²) in [6.07, 6.45) is 5.61. The molecular weight excluding hydrogens is 368 g/mol. The molecule has 8 nitrogen and oxygen atoms in total. The predicted molar refractivity (Wildman–Crippen MR) is 106 cm³/mol. The molecule has 0 radical (unpaired) electrons. The van der Waals surface area contributed by atoms with E-state index in [-0.39, 0.29) is 11.4 Å². The number of carbonyl (C=O) groups is 1. The van der Waals surface area contributed by atoms with E-state index in [1.165, 1.54) is 0 Å². The van der Waals surface area contributed by atoms with Gasteiger partial charge in [0.05, 0.1) is 30.6 Å². The fourth-order valence-electron chi connectivity index (χ4n) is 3.71. The Hall–Kier alpha value is -3.55. The molecule has 29 heavy (non-hydrogen) atoms. The minimum absolute atomic E-state index is 0.127. The molecule has 4 aromatic rings. The molecule has 0 atom stereocenters. The average Bonchev–Trinajstić information content (AvgIpc) is 3.49. The Labute approximate surface area is 167 Å². The van der Waals surface area contributed by atoms with Gasteiger partial charge in [0.25, 0.3) is 5.91 Å². The summed E-state index contributed by atoms with van der Waals surface area (Å²) in [5, 5.41) is 11.9. The van der Waals surface area contributed by atoms with Gasteiger partial charge >= 0.3 is 0 Å². The molecular formula is C21H22N6O2. The van der Waals surface area contributed by atoms with E-state index in [1.54, 1.807) is 23.3 Å². The number of H-pyrrole nitrogens is 1. The Balaban J connectivity index is 1.45. The molecule has 148 valence electrons. The fraction of sp³-hybridized carbons (Fsp3) is 0.286. The van der Waals surface area contributed by atoms with Gasteiger partial charge in [0, 0.05) is 24.0 Å². The average molecular weight is 390 g/mol. The van der Waals surface area contributed by atoms with Crippen LogP contribution in [0.25, 0.3) is 17.3 Å². The summed E-state index contributed by atoms with van der Waals surface area (Å²) in [4.78, 5) is 14.8. The summed E-state index contributed by atoms with van der Waals surface area (Å²) >= 11 is 0. The first-order valence-electron chi connectivity index (χ1n) is 9.55. The number of hydrogen-bond acceptors (Lipinski definition) is 4. The number of fused-ring (bicyclic) bond motifs is 1. The van der Waals surface area contributed by atoms with Gasteiger partial charge in [-0.25, -0.2) is 4.68 Å². The number of furan rings is 1. The second kappa shape index (κ2) is 6.23. The molecule has 0 saturated carbocycles. The molecule has 4 aromatic heterocycles. The van der Waals surface area contributed by atoms with Gasteiger partial charge in [0.1, 0.15) is 11.5 Å². The molecule has 1 aliphatic heterocycles. The zero-order chi connectivity index (χ0) is 20.2. The number of nitrogens with zero attached hydrogens (tertiary/aromatic N) is 5. The van der Waals surface area contributed by atoms with Crippen molar-refractivity contribution in [3.8, 4) is 17.3 Å². The Morgan fingerprint density at radius 1 is 1.17 bits per heavy atom. The normalized spacial score (nSPS) is 13.8. The lowest BCUT2D eigenvalue weighted by molar-refractivity contribution is 0.0742. The van der Waals surface area contributed by atoms with E-state index in [1.807, 2.05) is 35.3 Å². The number of carbonyl (C=O) groups excluding carboxylic acids is 1. The van der Waals surface area contributed by atoms with Gasteiger partial charge in [-0.2, -0.15) is 10.2 Å². The highest BCUT2D eigenvalue weighted by Gasteiger charge is 2.34. The first-order chi connectivity index (χ1) is 13.9. The monoisotopic (exact) mass is 390 g/mol.